The van der Waals surface area contributed by atoms with E-state index in [4.69, 9.17) is 14.9 Å². The molecule has 8 nitrogen and oxygen atoms in total. The van der Waals surface area contributed by atoms with Gasteiger partial charge in [0.15, 0.2) is 6.29 Å². The Morgan fingerprint density at radius 1 is 1.44 bits per heavy atom. The van der Waals surface area contributed by atoms with Crippen LogP contribution in [0.1, 0.15) is 0 Å². The molecule has 1 saturated heterocycles. The molecule has 0 saturated carbocycles. The van der Waals surface area contributed by atoms with Gasteiger partial charge in [0.2, 0.25) is 0 Å². The molecule has 0 amide bonds. The molecule has 0 radical (unpaired) electrons. The van der Waals surface area contributed by atoms with Crippen LogP contribution in [0.4, 0.5) is 0 Å². The van der Waals surface area contributed by atoms with Crippen molar-refractivity contribution in [2.75, 3.05) is 12.9 Å². The standard InChI is InChI=1S/C7H14O8S/c1-16(12,13)15-6-4(10)7(11)14-5(6)3(9)2-8/h3-11H,2H2,1H3/t3-,4+,5?,6+,7?/m0/s1. The molecule has 0 spiro atoms. The number of hydrogen-bond acceptors (Lipinski definition) is 8. The van der Waals surface area contributed by atoms with Gasteiger partial charge in [-0.15, -0.1) is 0 Å². The van der Waals surface area contributed by atoms with Gasteiger partial charge in [0.1, 0.15) is 24.4 Å². The fraction of sp³-hybridized carbons (Fsp3) is 1.00. The molecule has 4 N–H and O–H groups in total. The summed E-state index contributed by atoms with van der Waals surface area (Å²) < 4.78 is 30.9. The highest BCUT2D eigenvalue weighted by molar-refractivity contribution is 7.86. The fourth-order valence-corrected chi connectivity index (χ4v) is 2.03. The van der Waals surface area contributed by atoms with E-state index in [1.807, 2.05) is 0 Å². The summed E-state index contributed by atoms with van der Waals surface area (Å²) in [5.74, 6) is 0. The molecule has 1 aliphatic heterocycles. The molecule has 16 heavy (non-hydrogen) atoms. The Balaban J connectivity index is 2.83. The highest BCUT2D eigenvalue weighted by Gasteiger charge is 2.48. The third-order valence-corrected chi connectivity index (χ3v) is 2.67. The number of hydrogen-bond donors (Lipinski definition) is 4. The van der Waals surface area contributed by atoms with Gasteiger partial charge in [0.25, 0.3) is 10.1 Å². The summed E-state index contributed by atoms with van der Waals surface area (Å²) >= 11 is 0. The second kappa shape index (κ2) is 4.92. The Morgan fingerprint density at radius 3 is 2.44 bits per heavy atom. The van der Waals surface area contributed by atoms with Crippen molar-refractivity contribution in [2.24, 2.45) is 0 Å². The first-order valence-corrected chi connectivity index (χ1v) is 6.26. The van der Waals surface area contributed by atoms with Crippen molar-refractivity contribution in [3.63, 3.8) is 0 Å². The van der Waals surface area contributed by atoms with Crippen LogP contribution in [0.2, 0.25) is 0 Å². The number of ether oxygens (including phenoxy) is 1. The number of aliphatic hydroxyl groups excluding tert-OH is 4. The van der Waals surface area contributed by atoms with Crippen molar-refractivity contribution in [1.82, 2.24) is 0 Å². The van der Waals surface area contributed by atoms with E-state index in [1.54, 1.807) is 0 Å². The van der Waals surface area contributed by atoms with Crippen LogP contribution in [-0.2, 0) is 19.0 Å². The molecule has 5 atom stereocenters. The Labute approximate surface area is 92.2 Å². The second-order valence-corrected chi connectivity index (χ2v) is 5.10. The Hall–Kier alpha value is -0.290. The van der Waals surface area contributed by atoms with Crippen molar-refractivity contribution in [3.8, 4) is 0 Å². The van der Waals surface area contributed by atoms with Crippen LogP contribution in [0.25, 0.3) is 0 Å². The van der Waals surface area contributed by atoms with Gasteiger partial charge in [-0.3, -0.25) is 4.18 Å². The van der Waals surface area contributed by atoms with Crippen LogP contribution in [0.3, 0.4) is 0 Å². The van der Waals surface area contributed by atoms with E-state index in [0.717, 1.165) is 6.26 Å². The molecular weight excluding hydrogens is 244 g/mol. The molecule has 0 bridgehead atoms. The molecule has 0 aromatic carbocycles. The summed E-state index contributed by atoms with van der Waals surface area (Å²) in [7, 11) is -3.88. The lowest BCUT2D eigenvalue weighted by Gasteiger charge is -2.21. The molecule has 1 fully saturated rings. The zero-order valence-corrected chi connectivity index (χ0v) is 9.24. The van der Waals surface area contributed by atoms with Crippen molar-refractivity contribution < 1.29 is 37.8 Å². The molecule has 96 valence electrons. The zero-order chi connectivity index (χ0) is 12.5. The minimum atomic E-state index is -3.88. The average molecular weight is 258 g/mol. The smallest absolute Gasteiger partial charge is 0.264 e. The van der Waals surface area contributed by atoms with Gasteiger partial charge in [0, 0.05) is 0 Å². The summed E-state index contributed by atoms with van der Waals surface area (Å²) in [5, 5.41) is 36.5. The van der Waals surface area contributed by atoms with E-state index in [1.165, 1.54) is 0 Å². The van der Waals surface area contributed by atoms with E-state index in [-0.39, 0.29) is 0 Å². The molecule has 1 heterocycles. The molecule has 0 aliphatic carbocycles. The summed E-state index contributed by atoms with van der Waals surface area (Å²) in [6, 6.07) is 0. The quantitative estimate of drug-likeness (QED) is 0.387. The molecule has 2 unspecified atom stereocenters. The summed E-state index contributed by atoms with van der Waals surface area (Å²) in [6.07, 6.45) is -6.75. The molecule has 1 aliphatic rings. The van der Waals surface area contributed by atoms with Crippen molar-refractivity contribution in [2.45, 2.75) is 30.7 Å². The molecule has 1 rings (SSSR count). The summed E-state index contributed by atoms with van der Waals surface area (Å²) in [5.41, 5.74) is 0. The maximum Gasteiger partial charge on any atom is 0.264 e. The SMILES string of the molecule is CS(=O)(=O)O[C@H]1C([C@@H](O)CO)OC(O)[C@@H]1O. The molecule has 9 heteroatoms. The zero-order valence-electron chi connectivity index (χ0n) is 8.42. The van der Waals surface area contributed by atoms with Gasteiger partial charge >= 0.3 is 0 Å². The van der Waals surface area contributed by atoms with E-state index < -0.39 is 47.4 Å². The highest BCUT2D eigenvalue weighted by Crippen LogP contribution is 2.26. The predicted molar refractivity (Wildman–Crippen MR) is 49.7 cm³/mol. The molecule has 0 aromatic heterocycles. The lowest BCUT2D eigenvalue weighted by atomic mass is 10.1. The lowest BCUT2D eigenvalue weighted by molar-refractivity contribution is -0.150. The first-order chi connectivity index (χ1) is 7.26. The maximum atomic E-state index is 10.9. The van der Waals surface area contributed by atoms with Crippen LogP contribution in [0.5, 0.6) is 0 Å². The van der Waals surface area contributed by atoms with E-state index in [2.05, 4.69) is 4.18 Å². The lowest BCUT2D eigenvalue weighted by Crippen LogP contribution is -2.43. The maximum absolute atomic E-state index is 10.9. The topological polar surface area (TPSA) is 134 Å². The predicted octanol–water partition coefficient (Wildman–Crippen LogP) is -3.24. The summed E-state index contributed by atoms with van der Waals surface area (Å²) in [6.45, 7) is -0.715. The van der Waals surface area contributed by atoms with Crippen molar-refractivity contribution in [1.29, 1.82) is 0 Å². The fourth-order valence-electron chi connectivity index (χ4n) is 1.40. The Kier molecular flexibility index (Phi) is 4.23. The number of aliphatic hydroxyl groups is 4. The van der Waals surface area contributed by atoms with E-state index >= 15 is 0 Å². The third-order valence-electron chi connectivity index (χ3n) is 2.10. The van der Waals surface area contributed by atoms with Gasteiger partial charge in [0.05, 0.1) is 12.9 Å². The van der Waals surface area contributed by atoms with Crippen LogP contribution in [-0.4, -0.2) is 72.4 Å². The number of rotatable bonds is 4. The summed E-state index contributed by atoms with van der Waals surface area (Å²) in [4.78, 5) is 0. The van der Waals surface area contributed by atoms with E-state index in [0.29, 0.717) is 0 Å². The van der Waals surface area contributed by atoms with Gasteiger partial charge in [-0.25, -0.2) is 0 Å². The van der Waals surface area contributed by atoms with Gasteiger partial charge in [-0.1, -0.05) is 0 Å². The van der Waals surface area contributed by atoms with Crippen LogP contribution >= 0.6 is 0 Å². The minimum Gasteiger partial charge on any atom is -0.394 e. The van der Waals surface area contributed by atoms with Crippen LogP contribution in [0.15, 0.2) is 0 Å². The van der Waals surface area contributed by atoms with Crippen molar-refractivity contribution in [3.05, 3.63) is 0 Å². The Morgan fingerprint density at radius 2 is 2.00 bits per heavy atom. The minimum absolute atomic E-state index is 0.715. The van der Waals surface area contributed by atoms with Crippen LogP contribution in [0, 0.1) is 0 Å². The third kappa shape index (κ3) is 3.10. The van der Waals surface area contributed by atoms with Crippen molar-refractivity contribution >= 4 is 10.1 Å². The van der Waals surface area contributed by atoms with E-state index in [9.17, 15) is 18.6 Å². The monoisotopic (exact) mass is 258 g/mol. The highest BCUT2D eigenvalue weighted by atomic mass is 32.2. The molecular formula is C7H14O8S. The van der Waals surface area contributed by atoms with Gasteiger partial charge in [-0.2, -0.15) is 8.42 Å². The Bertz CT molecular complexity index is 327. The normalized spacial score (nSPS) is 37.6. The largest absolute Gasteiger partial charge is 0.394 e. The molecule has 0 aromatic rings. The average Bonchev–Trinajstić information content (AvgIpc) is 2.43. The van der Waals surface area contributed by atoms with Gasteiger partial charge in [-0.05, 0) is 0 Å². The van der Waals surface area contributed by atoms with Gasteiger partial charge < -0.3 is 25.2 Å². The first-order valence-electron chi connectivity index (χ1n) is 4.45. The first kappa shape index (κ1) is 13.8. The second-order valence-electron chi connectivity index (χ2n) is 3.50. The van der Waals surface area contributed by atoms with Crippen LogP contribution < -0.4 is 0 Å².